The molecule has 1 unspecified atom stereocenters. The maximum Gasteiger partial charge on any atom is 0.371 e. The van der Waals surface area contributed by atoms with Gasteiger partial charge < -0.3 is 14.8 Å². The maximum atomic E-state index is 12.3. The van der Waals surface area contributed by atoms with Gasteiger partial charge in [0.1, 0.15) is 0 Å². The highest BCUT2D eigenvalue weighted by atomic mass is 16.4. The van der Waals surface area contributed by atoms with E-state index in [1.54, 1.807) is 0 Å². The van der Waals surface area contributed by atoms with Gasteiger partial charge in [-0.25, -0.2) is 4.79 Å². The van der Waals surface area contributed by atoms with Crippen LogP contribution in [0.15, 0.2) is 40.8 Å². The molecular weight excluding hydrogens is 282 g/mol. The Kier molecular flexibility index (Phi) is 3.28. The number of furan rings is 1. The van der Waals surface area contributed by atoms with Gasteiger partial charge in [-0.1, -0.05) is 38.1 Å². The molecule has 0 spiro atoms. The third-order valence-corrected chi connectivity index (χ3v) is 4.13. The van der Waals surface area contributed by atoms with Gasteiger partial charge in [0, 0.05) is 0 Å². The zero-order chi connectivity index (χ0) is 15.9. The van der Waals surface area contributed by atoms with Crippen LogP contribution in [0.25, 0.3) is 0 Å². The summed E-state index contributed by atoms with van der Waals surface area (Å²) in [6.07, 6.45) is 0.796. The van der Waals surface area contributed by atoms with E-state index in [1.807, 2.05) is 18.2 Å². The SMILES string of the molecule is CC1(C)CC(NC(=O)c2ccc(C(=O)O)o2)c2ccccc21. The zero-order valence-electron chi connectivity index (χ0n) is 12.4. The first-order valence-electron chi connectivity index (χ1n) is 7.12. The van der Waals surface area contributed by atoms with Gasteiger partial charge in [0.25, 0.3) is 5.91 Å². The van der Waals surface area contributed by atoms with Gasteiger partial charge in [-0.15, -0.1) is 0 Å². The topological polar surface area (TPSA) is 79.5 Å². The van der Waals surface area contributed by atoms with Gasteiger partial charge in [0.2, 0.25) is 5.76 Å². The third kappa shape index (κ3) is 2.39. The average Bonchev–Trinajstić information content (AvgIpc) is 3.04. The van der Waals surface area contributed by atoms with Gasteiger partial charge in [0.05, 0.1) is 6.04 Å². The minimum absolute atomic E-state index is 0.00999. The number of carboxylic acid groups (broad SMARTS) is 1. The van der Waals surface area contributed by atoms with Crippen molar-refractivity contribution in [2.75, 3.05) is 0 Å². The van der Waals surface area contributed by atoms with Crippen molar-refractivity contribution in [2.24, 2.45) is 0 Å². The second-order valence-electron chi connectivity index (χ2n) is 6.17. The molecule has 5 heteroatoms. The summed E-state index contributed by atoms with van der Waals surface area (Å²) < 4.78 is 5.05. The van der Waals surface area contributed by atoms with E-state index in [0.29, 0.717) is 0 Å². The quantitative estimate of drug-likeness (QED) is 0.912. The van der Waals surface area contributed by atoms with E-state index in [2.05, 4.69) is 25.2 Å². The Balaban J connectivity index is 1.82. The summed E-state index contributed by atoms with van der Waals surface area (Å²) in [7, 11) is 0. The Labute approximate surface area is 127 Å². The monoisotopic (exact) mass is 299 g/mol. The van der Waals surface area contributed by atoms with Gasteiger partial charge in [-0.05, 0) is 35.1 Å². The molecule has 1 heterocycles. The standard InChI is InChI=1S/C17H17NO4/c1-17(2)9-12(10-5-3-4-6-11(10)17)18-15(19)13-7-8-14(22-13)16(20)21/h3-8,12H,9H2,1-2H3,(H,18,19)(H,20,21). The number of aromatic carboxylic acids is 1. The Bertz CT molecular complexity index is 745. The zero-order valence-corrected chi connectivity index (χ0v) is 12.4. The van der Waals surface area contributed by atoms with Crippen molar-refractivity contribution in [3.05, 3.63) is 59.0 Å². The molecule has 1 aliphatic carbocycles. The Hall–Kier alpha value is -2.56. The number of amides is 1. The molecule has 1 amide bonds. The number of nitrogens with one attached hydrogen (secondary N) is 1. The van der Waals surface area contributed by atoms with Crippen LogP contribution < -0.4 is 5.32 Å². The molecule has 0 saturated heterocycles. The predicted octanol–water partition coefficient (Wildman–Crippen LogP) is 3.13. The van der Waals surface area contributed by atoms with Crippen LogP contribution in [0.2, 0.25) is 0 Å². The fourth-order valence-corrected chi connectivity index (χ4v) is 3.08. The molecule has 22 heavy (non-hydrogen) atoms. The molecule has 5 nitrogen and oxygen atoms in total. The van der Waals surface area contributed by atoms with Crippen LogP contribution in [0, 0.1) is 0 Å². The van der Waals surface area contributed by atoms with Crippen molar-refractivity contribution in [2.45, 2.75) is 31.7 Å². The summed E-state index contributed by atoms with van der Waals surface area (Å²) in [6.45, 7) is 4.29. The van der Waals surface area contributed by atoms with E-state index in [1.165, 1.54) is 17.7 Å². The van der Waals surface area contributed by atoms with E-state index < -0.39 is 11.9 Å². The lowest BCUT2D eigenvalue weighted by Gasteiger charge is -2.19. The average molecular weight is 299 g/mol. The number of fused-ring (bicyclic) bond motifs is 1. The van der Waals surface area contributed by atoms with Crippen LogP contribution in [0.3, 0.4) is 0 Å². The number of benzene rings is 1. The maximum absolute atomic E-state index is 12.3. The number of carbonyl (C=O) groups excluding carboxylic acids is 1. The van der Waals surface area contributed by atoms with Crippen LogP contribution in [-0.4, -0.2) is 17.0 Å². The molecule has 0 saturated carbocycles. The molecule has 2 N–H and O–H groups in total. The molecule has 0 radical (unpaired) electrons. The molecule has 0 bridgehead atoms. The molecule has 2 aromatic rings. The molecule has 1 aromatic carbocycles. The van der Waals surface area contributed by atoms with Crippen molar-refractivity contribution in [3.63, 3.8) is 0 Å². The Morgan fingerprint density at radius 3 is 2.55 bits per heavy atom. The van der Waals surface area contributed by atoms with E-state index in [-0.39, 0.29) is 23.0 Å². The third-order valence-electron chi connectivity index (χ3n) is 4.13. The summed E-state index contributed by atoms with van der Waals surface area (Å²) in [5.74, 6) is -1.81. The fraction of sp³-hybridized carbons (Fsp3) is 0.294. The molecule has 3 rings (SSSR count). The molecule has 1 aliphatic rings. The second-order valence-corrected chi connectivity index (χ2v) is 6.17. The van der Waals surface area contributed by atoms with Gasteiger partial charge in [-0.3, -0.25) is 4.79 Å². The van der Waals surface area contributed by atoms with E-state index in [4.69, 9.17) is 9.52 Å². The molecule has 0 fully saturated rings. The smallest absolute Gasteiger partial charge is 0.371 e. The van der Waals surface area contributed by atoms with Crippen molar-refractivity contribution in [3.8, 4) is 0 Å². The number of hydrogen-bond donors (Lipinski definition) is 2. The van der Waals surface area contributed by atoms with E-state index in [0.717, 1.165) is 12.0 Å². The minimum atomic E-state index is -1.19. The summed E-state index contributed by atoms with van der Waals surface area (Å²) >= 11 is 0. The molecule has 1 aromatic heterocycles. The fourth-order valence-electron chi connectivity index (χ4n) is 3.08. The summed E-state index contributed by atoms with van der Waals surface area (Å²) in [6, 6.07) is 10.6. The number of rotatable bonds is 3. The van der Waals surface area contributed by atoms with Crippen LogP contribution >= 0.6 is 0 Å². The highest BCUT2D eigenvalue weighted by Crippen LogP contribution is 2.44. The lowest BCUT2D eigenvalue weighted by molar-refractivity contribution is 0.0659. The highest BCUT2D eigenvalue weighted by Gasteiger charge is 2.37. The largest absolute Gasteiger partial charge is 0.475 e. The Morgan fingerprint density at radius 1 is 1.18 bits per heavy atom. The lowest BCUT2D eigenvalue weighted by atomic mass is 9.86. The normalized spacial score (nSPS) is 18.7. The molecule has 0 aliphatic heterocycles. The van der Waals surface area contributed by atoms with Crippen molar-refractivity contribution >= 4 is 11.9 Å². The van der Waals surface area contributed by atoms with Crippen LogP contribution in [-0.2, 0) is 5.41 Å². The molecular formula is C17H17NO4. The van der Waals surface area contributed by atoms with Crippen molar-refractivity contribution in [1.82, 2.24) is 5.32 Å². The van der Waals surface area contributed by atoms with E-state index in [9.17, 15) is 9.59 Å². The van der Waals surface area contributed by atoms with Crippen molar-refractivity contribution in [1.29, 1.82) is 0 Å². The van der Waals surface area contributed by atoms with Gasteiger partial charge in [-0.2, -0.15) is 0 Å². The first kappa shape index (κ1) is 14.4. The number of carboxylic acids is 1. The van der Waals surface area contributed by atoms with Crippen LogP contribution in [0.5, 0.6) is 0 Å². The van der Waals surface area contributed by atoms with Crippen LogP contribution in [0.4, 0.5) is 0 Å². The summed E-state index contributed by atoms with van der Waals surface area (Å²) in [4.78, 5) is 23.1. The van der Waals surface area contributed by atoms with Crippen molar-refractivity contribution < 1.29 is 19.1 Å². The minimum Gasteiger partial charge on any atom is -0.475 e. The number of hydrogen-bond acceptors (Lipinski definition) is 3. The summed E-state index contributed by atoms with van der Waals surface area (Å²) in [5, 5.41) is 11.8. The first-order valence-corrected chi connectivity index (χ1v) is 7.12. The number of carbonyl (C=O) groups is 2. The first-order chi connectivity index (χ1) is 10.4. The summed E-state index contributed by atoms with van der Waals surface area (Å²) in [5.41, 5.74) is 2.32. The molecule has 1 atom stereocenters. The van der Waals surface area contributed by atoms with Crippen LogP contribution in [0.1, 0.15) is 58.5 Å². The van der Waals surface area contributed by atoms with Gasteiger partial charge in [0.15, 0.2) is 5.76 Å². The van der Waals surface area contributed by atoms with E-state index >= 15 is 0 Å². The highest BCUT2D eigenvalue weighted by molar-refractivity contribution is 5.93. The molecule has 114 valence electrons. The Morgan fingerprint density at radius 2 is 1.86 bits per heavy atom. The van der Waals surface area contributed by atoms with Gasteiger partial charge >= 0.3 is 5.97 Å². The second kappa shape index (κ2) is 5.02. The predicted molar refractivity (Wildman–Crippen MR) is 80.0 cm³/mol. The lowest BCUT2D eigenvalue weighted by Crippen LogP contribution is -2.28.